The summed E-state index contributed by atoms with van der Waals surface area (Å²) in [7, 11) is 0. The molecule has 0 spiro atoms. The number of carbonyl (C=O) groups excluding carboxylic acids is 2. The van der Waals surface area contributed by atoms with Gasteiger partial charge in [0.05, 0.1) is 0 Å². The highest BCUT2D eigenvalue weighted by atomic mass is 16.2. The summed E-state index contributed by atoms with van der Waals surface area (Å²) in [5.74, 6) is 0.147. The summed E-state index contributed by atoms with van der Waals surface area (Å²) in [5.41, 5.74) is 4.00. The van der Waals surface area contributed by atoms with Crippen molar-refractivity contribution in [3.63, 3.8) is 0 Å². The van der Waals surface area contributed by atoms with E-state index < -0.39 is 0 Å². The fourth-order valence-electron chi connectivity index (χ4n) is 2.55. The normalized spacial score (nSPS) is 12.9. The standard InChI is InChI=1S/C23H30N2O2/c1-5-16(3)22(26)24-20-11-7-18(8-12-20)15-19-9-13-21(14-10-19)25-23(27)17(4)6-2/h7-14,16-17H,5-6,15H2,1-4H3,(H,24,26)(H,25,27)/t16-,17-/m1/s1. The van der Waals surface area contributed by atoms with Crippen LogP contribution in [0.1, 0.15) is 51.7 Å². The summed E-state index contributed by atoms with van der Waals surface area (Å²) < 4.78 is 0. The smallest absolute Gasteiger partial charge is 0.227 e. The van der Waals surface area contributed by atoms with Crippen molar-refractivity contribution in [3.05, 3.63) is 59.7 Å². The van der Waals surface area contributed by atoms with Crippen LogP contribution in [0, 0.1) is 11.8 Å². The molecule has 0 saturated heterocycles. The predicted molar refractivity (Wildman–Crippen MR) is 112 cm³/mol. The Hall–Kier alpha value is -2.62. The SMILES string of the molecule is CC[C@@H](C)C(=O)Nc1ccc(Cc2ccc(NC(=O)[C@H](C)CC)cc2)cc1. The van der Waals surface area contributed by atoms with Crippen molar-refractivity contribution >= 4 is 23.2 Å². The molecule has 2 aromatic rings. The van der Waals surface area contributed by atoms with E-state index in [9.17, 15) is 9.59 Å². The quantitative estimate of drug-likeness (QED) is 0.670. The molecule has 0 aliphatic rings. The summed E-state index contributed by atoms with van der Waals surface area (Å²) in [6.45, 7) is 7.88. The van der Waals surface area contributed by atoms with E-state index in [2.05, 4.69) is 10.6 Å². The number of carbonyl (C=O) groups is 2. The minimum atomic E-state index is 0.0176. The molecule has 0 saturated carbocycles. The Morgan fingerprint density at radius 1 is 0.704 bits per heavy atom. The lowest BCUT2D eigenvalue weighted by atomic mass is 10.0. The van der Waals surface area contributed by atoms with E-state index in [-0.39, 0.29) is 23.7 Å². The third kappa shape index (κ3) is 6.24. The topological polar surface area (TPSA) is 58.2 Å². The Morgan fingerprint density at radius 2 is 1.04 bits per heavy atom. The van der Waals surface area contributed by atoms with Gasteiger partial charge in [-0.15, -0.1) is 0 Å². The molecule has 2 aromatic carbocycles. The largest absolute Gasteiger partial charge is 0.326 e. The maximum Gasteiger partial charge on any atom is 0.227 e. The van der Waals surface area contributed by atoms with E-state index in [1.165, 1.54) is 11.1 Å². The zero-order valence-corrected chi connectivity index (χ0v) is 16.7. The van der Waals surface area contributed by atoms with Gasteiger partial charge in [0.15, 0.2) is 0 Å². The van der Waals surface area contributed by atoms with Crippen LogP contribution in [0.4, 0.5) is 11.4 Å². The molecule has 0 heterocycles. The van der Waals surface area contributed by atoms with E-state index in [0.717, 1.165) is 30.6 Å². The van der Waals surface area contributed by atoms with Crippen molar-refractivity contribution in [1.82, 2.24) is 0 Å². The second kappa shape index (κ2) is 9.91. The van der Waals surface area contributed by atoms with Crippen LogP contribution in [-0.2, 0) is 16.0 Å². The van der Waals surface area contributed by atoms with E-state index in [0.29, 0.717) is 0 Å². The third-order valence-electron chi connectivity index (χ3n) is 4.97. The van der Waals surface area contributed by atoms with Crippen molar-refractivity contribution in [1.29, 1.82) is 0 Å². The maximum absolute atomic E-state index is 11.9. The van der Waals surface area contributed by atoms with Crippen LogP contribution in [0.3, 0.4) is 0 Å². The summed E-state index contributed by atoms with van der Waals surface area (Å²) in [6.07, 6.45) is 2.47. The van der Waals surface area contributed by atoms with Gasteiger partial charge in [0, 0.05) is 23.2 Å². The highest BCUT2D eigenvalue weighted by Crippen LogP contribution is 2.17. The van der Waals surface area contributed by atoms with Crippen LogP contribution in [0.5, 0.6) is 0 Å². The zero-order chi connectivity index (χ0) is 19.8. The first-order chi connectivity index (χ1) is 12.9. The first kappa shape index (κ1) is 20.7. The van der Waals surface area contributed by atoms with Crippen molar-refractivity contribution in [3.8, 4) is 0 Å². The van der Waals surface area contributed by atoms with E-state index in [1.807, 2.05) is 76.2 Å². The number of amides is 2. The molecule has 4 heteroatoms. The molecule has 2 atom stereocenters. The maximum atomic E-state index is 11.9. The average molecular weight is 367 g/mol. The van der Waals surface area contributed by atoms with Gasteiger partial charge in [0.2, 0.25) is 11.8 Å². The van der Waals surface area contributed by atoms with Crippen LogP contribution >= 0.6 is 0 Å². The molecule has 144 valence electrons. The molecule has 0 aliphatic carbocycles. The molecule has 0 aromatic heterocycles. The number of nitrogens with one attached hydrogen (secondary N) is 2. The van der Waals surface area contributed by atoms with Gasteiger partial charge in [0.25, 0.3) is 0 Å². The number of hydrogen-bond donors (Lipinski definition) is 2. The van der Waals surface area contributed by atoms with Crippen LogP contribution in [-0.4, -0.2) is 11.8 Å². The second-order valence-corrected chi connectivity index (χ2v) is 7.17. The van der Waals surface area contributed by atoms with Gasteiger partial charge in [-0.05, 0) is 54.7 Å². The van der Waals surface area contributed by atoms with Gasteiger partial charge >= 0.3 is 0 Å². The summed E-state index contributed by atoms with van der Waals surface area (Å²) in [6, 6.07) is 15.9. The van der Waals surface area contributed by atoms with Gasteiger partial charge < -0.3 is 10.6 Å². The molecule has 2 rings (SSSR count). The molecule has 2 N–H and O–H groups in total. The fraction of sp³-hybridized carbons (Fsp3) is 0.391. The van der Waals surface area contributed by atoms with E-state index in [1.54, 1.807) is 0 Å². The monoisotopic (exact) mass is 366 g/mol. The molecule has 27 heavy (non-hydrogen) atoms. The number of anilines is 2. The third-order valence-corrected chi connectivity index (χ3v) is 4.97. The van der Waals surface area contributed by atoms with E-state index in [4.69, 9.17) is 0 Å². The van der Waals surface area contributed by atoms with Crippen molar-refractivity contribution in [2.24, 2.45) is 11.8 Å². The van der Waals surface area contributed by atoms with Gasteiger partial charge in [0.1, 0.15) is 0 Å². The second-order valence-electron chi connectivity index (χ2n) is 7.17. The van der Waals surface area contributed by atoms with Gasteiger partial charge in [-0.3, -0.25) is 9.59 Å². The molecule has 0 unspecified atom stereocenters. The molecule has 0 aliphatic heterocycles. The van der Waals surface area contributed by atoms with E-state index >= 15 is 0 Å². The van der Waals surface area contributed by atoms with Crippen molar-refractivity contribution in [2.75, 3.05) is 10.6 Å². The van der Waals surface area contributed by atoms with Crippen LogP contribution in [0.15, 0.2) is 48.5 Å². The molecule has 0 radical (unpaired) electrons. The highest BCUT2D eigenvalue weighted by Gasteiger charge is 2.11. The molecule has 2 amide bonds. The summed E-state index contributed by atoms with van der Waals surface area (Å²) in [4.78, 5) is 23.9. The Kier molecular flexibility index (Phi) is 7.59. The number of rotatable bonds is 8. The lowest BCUT2D eigenvalue weighted by Crippen LogP contribution is -2.19. The summed E-state index contributed by atoms with van der Waals surface area (Å²) in [5, 5.41) is 5.89. The minimum absolute atomic E-state index is 0.0176. The lowest BCUT2D eigenvalue weighted by Gasteiger charge is -2.11. The van der Waals surface area contributed by atoms with Crippen LogP contribution < -0.4 is 10.6 Å². The first-order valence-corrected chi connectivity index (χ1v) is 9.72. The average Bonchev–Trinajstić information content (AvgIpc) is 2.69. The molecule has 4 nitrogen and oxygen atoms in total. The van der Waals surface area contributed by atoms with Crippen LogP contribution in [0.25, 0.3) is 0 Å². The first-order valence-electron chi connectivity index (χ1n) is 9.72. The fourth-order valence-corrected chi connectivity index (χ4v) is 2.55. The van der Waals surface area contributed by atoms with Gasteiger partial charge in [-0.1, -0.05) is 52.0 Å². The lowest BCUT2D eigenvalue weighted by molar-refractivity contribution is -0.120. The van der Waals surface area contributed by atoms with Gasteiger partial charge in [-0.25, -0.2) is 0 Å². The Bertz CT molecular complexity index is 685. The number of benzene rings is 2. The summed E-state index contributed by atoms with van der Waals surface area (Å²) >= 11 is 0. The molecular weight excluding hydrogens is 336 g/mol. The molecule has 0 bridgehead atoms. The molecule has 0 fully saturated rings. The Labute approximate surface area is 162 Å². The minimum Gasteiger partial charge on any atom is -0.326 e. The Balaban J connectivity index is 1.93. The zero-order valence-electron chi connectivity index (χ0n) is 16.7. The Morgan fingerprint density at radius 3 is 1.33 bits per heavy atom. The molecular formula is C23H30N2O2. The number of hydrogen-bond acceptors (Lipinski definition) is 2. The van der Waals surface area contributed by atoms with Crippen LogP contribution in [0.2, 0.25) is 0 Å². The predicted octanol–water partition coefficient (Wildman–Crippen LogP) is 5.25. The van der Waals surface area contributed by atoms with Crippen molar-refractivity contribution in [2.45, 2.75) is 47.0 Å². The van der Waals surface area contributed by atoms with Gasteiger partial charge in [-0.2, -0.15) is 0 Å². The highest BCUT2D eigenvalue weighted by molar-refractivity contribution is 5.92. The van der Waals surface area contributed by atoms with Crippen molar-refractivity contribution < 1.29 is 9.59 Å².